The van der Waals surface area contributed by atoms with Gasteiger partial charge in [-0.3, -0.25) is 0 Å². The van der Waals surface area contributed by atoms with Crippen LogP contribution in [0.25, 0.3) is 11.0 Å². The Labute approximate surface area is 118 Å². The lowest BCUT2D eigenvalue weighted by Crippen LogP contribution is -2.37. The zero-order valence-electron chi connectivity index (χ0n) is 11.6. The normalized spacial score (nSPS) is 25.5. The molecule has 0 bridgehead atoms. The second-order valence-corrected chi connectivity index (χ2v) is 5.96. The molecule has 4 nitrogen and oxygen atoms in total. The van der Waals surface area contributed by atoms with Crippen molar-refractivity contribution in [3.8, 4) is 0 Å². The van der Waals surface area contributed by atoms with Gasteiger partial charge in [-0.2, -0.15) is 0 Å². The van der Waals surface area contributed by atoms with E-state index in [2.05, 4.69) is 27.8 Å². The van der Waals surface area contributed by atoms with Gasteiger partial charge in [0.05, 0.1) is 30.6 Å². The number of hydrogen-bond donors (Lipinski definition) is 0. The Morgan fingerprint density at radius 3 is 3.00 bits per heavy atom. The van der Waals surface area contributed by atoms with E-state index in [1.165, 1.54) is 18.4 Å². The number of imidazole rings is 1. The average Bonchev–Trinajstić information content (AvgIpc) is 3.08. The molecule has 1 aromatic carbocycles. The van der Waals surface area contributed by atoms with E-state index in [1.54, 1.807) is 0 Å². The summed E-state index contributed by atoms with van der Waals surface area (Å²) in [4.78, 5) is 4.47. The van der Waals surface area contributed by atoms with Gasteiger partial charge in [0.15, 0.2) is 5.79 Å². The number of fused-ring (bicyclic) bond motifs is 1. The van der Waals surface area contributed by atoms with Gasteiger partial charge < -0.3 is 14.0 Å². The largest absolute Gasteiger partial charge is 0.348 e. The van der Waals surface area contributed by atoms with E-state index < -0.39 is 0 Å². The van der Waals surface area contributed by atoms with Crippen LogP contribution in [0, 0.1) is 5.92 Å². The lowest BCUT2D eigenvalue weighted by Gasteiger charge is -2.36. The smallest absolute Gasteiger partial charge is 0.168 e. The number of nitrogens with zero attached hydrogens (tertiary/aromatic N) is 2. The third-order valence-corrected chi connectivity index (χ3v) is 4.57. The molecule has 1 saturated heterocycles. The number of ether oxygens (including phenoxy) is 2. The van der Waals surface area contributed by atoms with Crippen LogP contribution in [-0.4, -0.2) is 28.6 Å². The summed E-state index contributed by atoms with van der Waals surface area (Å²) < 4.78 is 14.0. The van der Waals surface area contributed by atoms with Crippen LogP contribution in [0.4, 0.5) is 0 Å². The van der Waals surface area contributed by atoms with E-state index in [9.17, 15) is 0 Å². The van der Waals surface area contributed by atoms with Crippen molar-refractivity contribution in [1.82, 2.24) is 9.55 Å². The van der Waals surface area contributed by atoms with Gasteiger partial charge >= 0.3 is 0 Å². The number of rotatable bonds is 2. The van der Waals surface area contributed by atoms with Gasteiger partial charge in [-0.05, 0) is 30.9 Å². The van der Waals surface area contributed by atoms with Crippen molar-refractivity contribution >= 4 is 11.0 Å². The summed E-state index contributed by atoms with van der Waals surface area (Å²) in [5.74, 6) is 0.332. The molecule has 0 unspecified atom stereocenters. The Morgan fingerprint density at radius 2 is 2.10 bits per heavy atom. The van der Waals surface area contributed by atoms with E-state index in [1.807, 2.05) is 12.4 Å². The number of para-hydroxylation sites is 2. The van der Waals surface area contributed by atoms with Gasteiger partial charge in [0.2, 0.25) is 0 Å². The van der Waals surface area contributed by atoms with Gasteiger partial charge in [0.1, 0.15) is 0 Å². The molecule has 2 aromatic rings. The number of hydrogen-bond acceptors (Lipinski definition) is 3. The van der Waals surface area contributed by atoms with Crippen molar-refractivity contribution in [3.63, 3.8) is 0 Å². The topological polar surface area (TPSA) is 36.3 Å². The van der Waals surface area contributed by atoms with E-state index >= 15 is 0 Å². The predicted octanol–water partition coefficient (Wildman–Crippen LogP) is 2.97. The third-order valence-electron chi connectivity index (χ3n) is 4.57. The maximum absolute atomic E-state index is 5.87. The fourth-order valence-electron chi connectivity index (χ4n) is 3.65. The molecule has 2 fully saturated rings. The molecule has 1 aromatic heterocycles. The van der Waals surface area contributed by atoms with Gasteiger partial charge in [0.25, 0.3) is 0 Å². The third kappa shape index (κ3) is 2.13. The Kier molecular flexibility index (Phi) is 3.00. The van der Waals surface area contributed by atoms with Crippen LogP contribution in [0.15, 0.2) is 30.6 Å². The van der Waals surface area contributed by atoms with Crippen LogP contribution < -0.4 is 0 Å². The minimum absolute atomic E-state index is 0.278. The second-order valence-electron chi connectivity index (χ2n) is 5.96. The number of aromatic nitrogens is 2. The first-order valence-electron chi connectivity index (χ1n) is 7.52. The zero-order chi connectivity index (χ0) is 13.4. The lowest BCUT2D eigenvalue weighted by atomic mass is 9.84. The molecule has 0 amide bonds. The molecule has 2 aliphatic rings. The first-order valence-corrected chi connectivity index (χ1v) is 7.52. The minimum Gasteiger partial charge on any atom is -0.348 e. The Morgan fingerprint density at radius 1 is 1.25 bits per heavy atom. The summed E-state index contributed by atoms with van der Waals surface area (Å²) in [6.07, 6.45) is 6.47. The Hall–Kier alpha value is -1.39. The van der Waals surface area contributed by atoms with Gasteiger partial charge in [0, 0.05) is 19.4 Å². The standard InChI is InChI=1S/C16H20N2O2/c1-2-6-15-14(5-1)17-12-18(15)11-13-4-3-7-16(10-13)19-8-9-20-16/h1-2,5-6,12-13H,3-4,7-11H2/t13-/m0/s1. The highest BCUT2D eigenvalue weighted by Gasteiger charge is 2.41. The maximum Gasteiger partial charge on any atom is 0.168 e. The molecular weight excluding hydrogens is 252 g/mol. The number of benzene rings is 1. The summed E-state index contributed by atoms with van der Waals surface area (Å²) in [7, 11) is 0. The molecule has 1 saturated carbocycles. The molecule has 4 rings (SSSR count). The molecule has 1 atom stereocenters. The van der Waals surface area contributed by atoms with Crippen molar-refractivity contribution < 1.29 is 9.47 Å². The molecular formula is C16H20N2O2. The second kappa shape index (κ2) is 4.86. The van der Waals surface area contributed by atoms with Crippen LogP contribution in [0.5, 0.6) is 0 Å². The summed E-state index contributed by atoms with van der Waals surface area (Å²) in [6.45, 7) is 2.51. The molecule has 0 radical (unpaired) electrons. The molecule has 106 valence electrons. The van der Waals surface area contributed by atoms with Gasteiger partial charge in [-0.1, -0.05) is 12.1 Å². The fourth-order valence-corrected chi connectivity index (χ4v) is 3.65. The van der Waals surface area contributed by atoms with Crippen LogP contribution in [0.2, 0.25) is 0 Å². The maximum atomic E-state index is 5.87. The van der Waals surface area contributed by atoms with E-state index in [0.717, 1.165) is 38.1 Å². The summed E-state index contributed by atoms with van der Waals surface area (Å²) in [5.41, 5.74) is 2.30. The molecule has 2 heterocycles. The van der Waals surface area contributed by atoms with Crippen molar-refractivity contribution in [2.24, 2.45) is 5.92 Å². The summed E-state index contributed by atoms with van der Waals surface area (Å²) in [6, 6.07) is 8.32. The highest BCUT2D eigenvalue weighted by atomic mass is 16.7. The van der Waals surface area contributed by atoms with E-state index in [0.29, 0.717) is 5.92 Å². The predicted molar refractivity (Wildman–Crippen MR) is 76.3 cm³/mol. The lowest BCUT2D eigenvalue weighted by molar-refractivity contribution is -0.187. The minimum atomic E-state index is -0.278. The van der Waals surface area contributed by atoms with Gasteiger partial charge in [-0.25, -0.2) is 4.98 Å². The monoisotopic (exact) mass is 272 g/mol. The van der Waals surface area contributed by atoms with Gasteiger partial charge in [-0.15, -0.1) is 0 Å². The van der Waals surface area contributed by atoms with Crippen molar-refractivity contribution in [3.05, 3.63) is 30.6 Å². The summed E-state index contributed by atoms with van der Waals surface area (Å²) in [5, 5.41) is 0. The Balaban J connectivity index is 1.53. The molecule has 1 spiro atoms. The molecule has 20 heavy (non-hydrogen) atoms. The van der Waals surface area contributed by atoms with Crippen LogP contribution >= 0.6 is 0 Å². The van der Waals surface area contributed by atoms with Crippen molar-refractivity contribution in [2.45, 2.75) is 38.0 Å². The molecule has 4 heteroatoms. The van der Waals surface area contributed by atoms with Crippen molar-refractivity contribution in [2.75, 3.05) is 13.2 Å². The zero-order valence-corrected chi connectivity index (χ0v) is 11.6. The van der Waals surface area contributed by atoms with Crippen LogP contribution in [0.3, 0.4) is 0 Å². The summed E-state index contributed by atoms with van der Waals surface area (Å²) >= 11 is 0. The fraction of sp³-hybridized carbons (Fsp3) is 0.562. The highest BCUT2D eigenvalue weighted by molar-refractivity contribution is 5.74. The molecule has 1 aliphatic heterocycles. The average molecular weight is 272 g/mol. The first kappa shape index (κ1) is 12.4. The molecule has 1 aliphatic carbocycles. The van der Waals surface area contributed by atoms with Crippen molar-refractivity contribution in [1.29, 1.82) is 0 Å². The van der Waals surface area contributed by atoms with Crippen LogP contribution in [-0.2, 0) is 16.0 Å². The van der Waals surface area contributed by atoms with E-state index in [-0.39, 0.29) is 5.79 Å². The van der Waals surface area contributed by atoms with E-state index in [4.69, 9.17) is 9.47 Å². The first-order chi connectivity index (χ1) is 9.85. The van der Waals surface area contributed by atoms with Crippen LogP contribution in [0.1, 0.15) is 25.7 Å². The quantitative estimate of drug-likeness (QED) is 0.843. The highest BCUT2D eigenvalue weighted by Crippen LogP contribution is 2.39. The SMILES string of the molecule is c1ccc2c(c1)ncn2C[C@H]1CCCC2(C1)OCCO2. The molecule has 0 N–H and O–H groups in total. The Bertz CT molecular complexity index is 601.